The molecular weight excluding hydrogens is 299 g/mol. The first-order valence-corrected chi connectivity index (χ1v) is 7.60. The summed E-state index contributed by atoms with van der Waals surface area (Å²) < 4.78 is 26.8. The molecule has 21 heavy (non-hydrogen) atoms. The average Bonchev–Trinajstić information content (AvgIpc) is 2.50. The topological polar surface area (TPSA) is 106 Å². The molecule has 0 aliphatic heterocycles. The normalized spacial score (nSPS) is 13.5. The summed E-state index contributed by atoms with van der Waals surface area (Å²) in [5.41, 5.74) is -0.214. The first-order chi connectivity index (χ1) is 9.85. The van der Waals surface area contributed by atoms with Crippen LogP contribution in [0.15, 0.2) is 27.6 Å². The first-order valence-electron chi connectivity index (χ1n) is 5.99. The SMILES string of the molecule is COP(=O)(OC)C(O)c1coc2c(C)c(O)ccc2c1=O. The quantitative estimate of drug-likeness (QED) is 0.834. The number of aliphatic hydroxyl groups excluding tert-OH is 1. The molecule has 1 unspecified atom stereocenters. The summed E-state index contributed by atoms with van der Waals surface area (Å²) in [7, 11) is -1.66. The zero-order valence-electron chi connectivity index (χ0n) is 11.7. The summed E-state index contributed by atoms with van der Waals surface area (Å²) in [4.78, 5) is 12.4. The van der Waals surface area contributed by atoms with E-state index >= 15 is 0 Å². The molecule has 0 saturated heterocycles. The van der Waals surface area contributed by atoms with E-state index in [1.807, 2.05) is 0 Å². The van der Waals surface area contributed by atoms with Crippen LogP contribution in [0.2, 0.25) is 0 Å². The Balaban J connectivity index is 2.69. The largest absolute Gasteiger partial charge is 0.508 e. The predicted molar refractivity (Wildman–Crippen MR) is 75.5 cm³/mol. The van der Waals surface area contributed by atoms with Gasteiger partial charge in [-0.3, -0.25) is 9.36 Å². The van der Waals surface area contributed by atoms with Crippen molar-refractivity contribution < 1.29 is 28.2 Å². The fourth-order valence-corrected chi connectivity index (χ4v) is 3.03. The van der Waals surface area contributed by atoms with Crippen LogP contribution in [0.4, 0.5) is 0 Å². The van der Waals surface area contributed by atoms with Gasteiger partial charge in [-0.15, -0.1) is 0 Å². The number of benzene rings is 1. The molecule has 7 nitrogen and oxygen atoms in total. The van der Waals surface area contributed by atoms with Crippen LogP contribution in [0.3, 0.4) is 0 Å². The van der Waals surface area contributed by atoms with Crippen LogP contribution in [0, 0.1) is 6.92 Å². The van der Waals surface area contributed by atoms with Crippen molar-refractivity contribution in [2.45, 2.75) is 12.8 Å². The highest BCUT2D eigenvalue weighted by Crippen LogP contribution is 2.57. The minimum Gasteiger partial charge on any atom is -0.508 e. The van der Waals surface area contributed by atoms with E-state index in [-0.39, 0.29) is 22.3 Å². The number of aromatic hydroxyl groups is 1. The second-order valence-electron chi connectivity index (χ2n) is 4.39. The van der Waals surface area contributed by atoms with Gasteiger partial charge in [-0.2, -0.15) is 0 Å². The summed E-state index contributed by atoms with van der Waals surface area (Å²) in [6.45, 7) is 1.59. The van der Waals surface area contributed by atoms with Crippen molar-refractivity contribution in [3.63, 3.8) is 0 Å². The summed E-state index contributed by atoms with van der Waals surface area (Å²) >= 11 is 0. The van der Waals surface area contributed by atoms with Crippen molar-refractivity contribution in [3.8, 4) is 5.75 Å². The van der Waals surface area contributed by atoms with Crippen molar-refractivity contribution in [1.82, 2.24) is 0 Å². The monoisotopic (exact) mass is 314 g/mol. The molecule has 0 saturated carbocycles. The van der Waals surface area contributed by atoms with Crippen LogP contribution in [-0.2, 0) is 13.6 Å². The molecule has 8 heteroatoms. The Morgan fingerprint density at radius 2 is 1.90 bits per heavy atom. The van der Waals surface area contributed by atoms with Gasteiger partial charge in [0, 0.05) is 19.8 Å². The molecule has 1 heterocycles. The fourth-order valence-electron chi connectivity index (χ4n) is 1.97. The number of aliphatic hydroxyl groups is 1. The van der Waals surface area contributed by atoms with Gasteiger partial charge in [-0.1, -0.05) is 0 Å². The standard InChI is InChI=1S/C13H15O7P/c1-7-10(14)5-4-8-11(15)9(6-20-12(7)8)13(16)21(17,18-2)19-3/h4-6,13-14,16H,1-3H3. The Bertz CT molecular complexity index is 772. The number of rotatable bonds is 4. The van der Waals surface area contributed by atoms with E-state index in [4.69, 9.17) is 4.42 Å². The van der Waals surface area contributed by atoms with Gasteiger partial charge in [0.15, 0.2) is 11.3 Å². The third-order valence-electron chi connectivity index (χ3n) is 3.27. The predicted octanol–water partition coefficient (Wildman–Crippen LogP) is 2.28. The Morgan fingerprint density at radius 3 is 2.48 bits per heavy atom. The Morgan fingerprint density at radius 1 is 1.29 bits per heavy atom. The van der Waals surface area contributed by atoms with E-state index in [2.05, 4.69) is 9.05 Å². The maximum absolute atomic E-state index is 12.4. The molecule has 0 amide bonds. The Kier molecular flexibility index (Phi) is 4.20. The number of phenols is 1. The van der Waals surface area contributed by atoms with E-state index < -0.39 is 18.9 Å². The van der Waals surface area contributed by atoms with E-state index in [1.165, 1.54) is 12.1 Å². The van der Waals surface area contributed by atoms with Gasteiger partial charge in [0.05, 0.1) is 10.9 Å². The second-order valence-corrected chi connectivity index (χ2v) is 6.68. The molecule has 2 N–H and O–H groups in total. The minimum atomic E-state index is -3.87. The highest BCUT2D eigenvalue weighted by atomic mass is 31.2. The molecule has 0 fully saturated rings. The highest BCUT2D eigenvalue weighted by Gasteiger charge is 2.36. The van der Waals surface area contributed by atoms with Crippen LogP contribution in [-0.4, -0.2) is 24.4 Å². The third kappa shape index (κ3) is 2.49. The van der Waals surface area contributed by atoms with Crippen LogP contribution >= 0.6 is 7.60 Å². The molecule has 1 atom stereocenters. The molecule has 1 aromatic carbocycles. The number of hydrogen-bond donors (Lipinski definition) is 2. The van der Waals surface area contributed by atoms with Gasteiger partial charge in [0.2, 0.25) is 0 Å². The number of phenolic OH excluding ortho intramolecular Hbond substituents is 1. The minimum absolute atomic E-state index is 0.0154. The third-order valence-corrected chi connectivity index (χ3v) is 5.17. The van der Waals surface area contributed by atoms with Crippen LogP contribution in [0.5, 0.6) is 5.75 Å². The lowest BCUT2D eigenvalue weighted by atomic mass is 10.1. The molecule has 1 aromatic heterocycles. The number of fused-ring (bicyclic) bond motifs is 1. The summed E-state index contributed by atoms with van der Waals surface area (Å²) in [6.07, 6.45) is 0.993. The zero-order chi connectivity index (χ0) is 15.8. The van der Waals surface area contributed by atoms with Gasteiger partial charge in [0.1, 0.15) is 17.6 Å². The molecule has 2 rings (SSSR count). The van der Waals surface area contributed by atoms with Crippen molar-refractivity contribution in [1.29, 1.82) is 0 Å². The van der Waals surface area contributed by atoms with Gasteiger partial charge < -0.3 is 23.7 Å². The van der Waals surface area contributed by atoms with Gasteiger partial charge >= 0.3 is 7.60 Å². The number of aryl methyl sites for hydroxylation is 1. The maximum Gasteiger partial charge on any atom is 0.363 e. The van der Waals surface area contributed by atoms with Crippen molar-refractivity contribution in [2.75, 3.05) is 14.2 Å². The van der Waals surface area contributed by atoms with Crippen LogP contribution < -0.4 is 5.43 Å². The molecule has 0 radical (unpaired) electrons. The van der Waals surface area contributed by atoms with E-state index in [1.54, 1.807) is 6.92 Å². The molecule has 114 valence electrons. The molecule has 0 bridgehead atoms. The lowest BCUT2D eigenvalue weighted by molar-refractivity contribution is 0.174. The molecule has 0 aliphatic rings. The van der Waals surface area contributed by atoms with Crippen molar-refractivity contribution >= 4 is 18.6 Å². The van der Waals surface area contributed by atoms with Gasteiger partial charge in [-0.05, 0) is 19.1 Å². The zero-order valence-corrected chi connectivity index (χ0v) is 12.6. The Labute approximate surface area is 120 Å². The summed E-state index contributed by atoms with van der Waals surface area (Å²) in [6, 6.07) is 2.71. The smallest absolute Gasteiger partial charge is 0.363 e. The summed E-state index contributed by atoms with van der Waals surface area (Å²) in [5.74, 6) is -1.78. The summed E-state index contributed by atoms with van der Waals surface area (Å²) in [5, 5.41) is 19.8. The maximum atomic E-state index is 12.4. The highest BCUT2D eigenvalue weighted by molar-refractivity contribution is 7.53. The lowest BCUT2D eigenvalue weighted by Gasteiger charge is -2.19. The van der Waals surface area contributed by atoms with Gasteiger partial charge in [0.25, 0.3) is 0 Å². The molecule has 0 spiro atoms. The fraction of sp³-hybridized carbons (Fsp3) is 0.308. The molecule has 2 aromatic rings. The first kappa shape index (κ1) is 15.7. The number of hydrogen-bond acceptors (Lipinski definition) is 7. The Hall–Kier alpha value is -1.66. The van der Waals surface area contributed by atoms with E-state index in [0.717, 1.165) is 20.5 Å². The molecular formula is C13H15O7P. The van der Waals surface area contributed by atoms with Crippen molar-refractivity contribution in [2.24, 2.45) is 0 Å². The average molecular weight is 314 g/mol. The van der Waals surface area contributed by atoms with Gasteiger partial charge in [-0.25, -0.2) is 0 Å². The van der Waals surface area contributed by atoms with E-state index in [0.29, 0.717) is 5.56 Å². The van der Waals surface area contributed by atoms with Crippen LogP contribution in [0.25, 0.3) is 11.0 Å². The lowest BCUT2D eigenvalue weighted by Crippen LogP contribution is -2.15. The second kappa shape index (κ2) is 5.61. The van der Waals surface area contributed by atoms with Crippen LogP contribution in [0.1, 0.15) is 17.0 Å². The molecule has 0 aliphatic carbocycles. The van der Waals surface area contributed by atoms with E-state index in [9.17, 15) is 19.6 Å². The van der Waals surface area contributed by atoms with Crippen molar-refractivity contribution in [3.05, 3.63) is 39.7 Å².